The van der Waals surface area contributed by atoms with Crippen LogP contribution in [0.1, 0.15) is 23.7 Å². The molecule has 0 amide bonds. The molecule has 0 bridgehead atoms. The second kappa shape index (κ2) is 5.81. The lowest BCUT2D eigenvalue weighted by Crippen LogP contribution is -2.21. The van der Waals surface area contributed by atoms with Gasteiger partial charge in [-0.3, -0.25) is 4.68 Å². The molecule has 3 heterocycles. The average Bonchev–Trinajstić information content (AvgIpc) is 3.22. The summed E-state index contributed by atoms with van der Waals surface area (Å²) in [6.07, 6.45) is 5.19. The van der Waals surface area contributed by atoms with Crippen molar-refractivity contribution in [2.24, 2.45) is 7.05 Å². The first-order valence-corrected chi connectivity index (χ1v) is 8.33. The molecule has 4 rings (SSSR count). The van der Waals surface area contributed by atoms with Gasteiger partial charge in [-0.1, -0.05) is 12.1 Å². The van der Waals surface area contributed by atoms with Crippen LogP contribution in [0, 0.1) is 0 Å². The highest BCUT2D eigenvalue weighted by molar-refractivity contribution is 6.16. The third-order valence-corrected chi connectivity index (χ3v) is 4.67. The first kappa shape index (κ1) is 14.5. The van der Waals surface area contributed by atoms with Crippen LogP contribution in [-0.2, 0) is 12.9 Å². The van der Waals surface area contributed by atoms with E-state index >= 15 is 0 Å². The van der Waals surface area contributed by atoms with E-state index in [1.54, 1.807) is 0 Å². The van der Waals surface area contributed by atoms with E-state index in [4.69, 9.17) is 16.6 Å². The Labute approximate surface area is 139 Å². The minimum absolute atomic E-state index is 0.331. The molecule has 1 atom stereocenters. The summed E-state index contributed by atoms with van der Waals surface area (Å²) in [5.74, 6) is 2.51. The molecule has 1 aromatic carbocycles. The van der Waals surface area contributed by atoms with Crippen LogP contribution in [-0.4, -0.2) is 32.8 Å². The Balaban J connectivity index is 1.69. The van der Waals surface area contributed by atoms with E-state index in [1.165, 1.54) is 5.56 Å². The molecular formula is C17H18ClN5. The molecule has 0 aliphatic carbocycles. The van der Waals surface area contributed by atoms with Crippen molar-refractivity contribution in [3.63, 3.8) is 0 Å². The molecule has 0 saturated carbocycles. The van der Waals surface area contributed by atoms with Crippen LogP contribution in [0.15, 0.2) is 36.7 Å². The number of anilines is 1. The first-order chi connectivity index (χ1) is 11.2. The van der Waals surface area contributed by atoms with Gasteiger partial charge in [0.05, 0.1) is 17.6 Å². The van der Waals surface area contributed by atoms with Crippen LogP contribution >= 0.6 is 11.6 Å². The summed E-state index contributed by atoms with van der Waals surface area (Å²) in [6, 6.07) is 8.13. The van der Waals surface area contributed by atoms with Gasteiger partial charge in [-0.05, 0) is 24.1 Å². The van der Waals surface area contributed by atoms with Gasteiger partial charge in [-0.25, -0.2) is 9.97 Å². The molecule has 0 N–H and O–H groups in total. The fourth-order valence-corrected chi connectivity index (χ4v) is 3.40. The normalized spacial score (nSPS) is 18.0. The lowest BCUT2D eigenvalue weighted by molar-refractivity contribution is 0.754. The van der Waals surface area contributed by atoms with Crippen LogP contribution in [0.3, 0.4) is 0 Å². The Kier molecular flexibility index (Phi) is 3.65. The molecule has 3 aromatic rings. The molecular weight excluding hydrogens is 310 g/mol. The van der Waals surface area contributed by atoms with Gasteiger partial charge < -0.3 is 4.90 Å². The molecule has 0 radical (unpaired) electrons. The van der Waals surface area contributed by atoms with Crippen molar-refractivity contribution in [3.8, 4) is 0 Å². The van der Waals surface area contributed by atoms with Crippen LogP contribution in [0.4, 0.5) is 5.82 Å². The molecule has 1 fully saturated rings. The monoisotopic (exact) mass is 327 g/mol. The fraction of sp³-hybridized carbons (Fsp3) is 0.353. The summed E-state index contributed by atoms with van der Waals surface area (Å²) in [5, 5.41) is 5.38. The SMILES string of the molecule is Cn1cc(C2CCN(c3nc(CCl)nc4ccccc34)C2)cn1. The highest BCUT2D eigenvalue weighted by atomic mass is 35.5. The number of fused-ring (bicyclic) bond motifs is 1. The van der Waals surface area contributed by atoms with Crippen molar-refractivity contribution in [1.82, 2.24) is 19.7 Å². The van der Waals surface area contributed by atoms with Crippen molar-refractivity contribution in [2.75, 3.05) is 18.0 Å². The summed E-state index contributed by atoms with van der Waals surface area (Å²) in [4.78, 5) is 11.6. The lowest BCUT2D eigenvalue weighted by atomic mass is 10.0. The van der Waals surface area contributed by atoms with Crippen molar-refractivity contribution >= 4 is 28.3 Å². The largest absolute Gasteiger partial charge is 0.355 e. The molecule has 2 aromatic heterocycles. The third kappa shape index (κ3) is 2.65. The Morgan fingerprint density at radius 2 is 2.13 bits per heavy atom. The molecule has 1 unspecified atom stereocenters. The van der Waals surface area contributed by atoms with Gasteiger partial charge in [0.15, 0.2) is 0 Å². The van der Waals surface area contributed by atoms with Crippen molar-refractivity contribution in [1.29, 1.82) is 0 Å². The number of aromatic nitrogens is 4. The second-order valence-corrected chi connectivity index (χ2v) is 6.26. The van der Waals surface area contributed by atoms with Crippen molar-refractivity contribution in [3.05, 3.63) is 48.0 Å². The van der Waals surface area contributed by atoms with Crippen LogP contribution in [0.25, 0.3) is 10.9 Å². The fourth-order valence-electron chi connectivity index (χ4n) is 3.28. The van der Waals surface area contributed by atoms with Gasteiger partial charge in [-0.2, -0.15) is 5.10 Å². The molecule has 1 aliphatic rings. The van der Waals surface area contributed by atoms with E-state index < -0.39 is 0 Å². The van der Waals surface area contributed by atoms with Crippen molar-refractivity contribution < 1.29 is 0 Å². The van der Waals surface area contributed by atoms with Gasteiger partial charge >= 0.3 is 0 Å². The molecule has 1 saturated heterocycles. The molecule has 5 nitrogen and oxygen atoms in total. The number of halogens is 1. The Morgan fingerprint density at radius 1 is 1.26 bits per heavy atom. The number of hydrogen-bond donors (Lipinski definition) is 0. The van der Waals surface area contributed by atoms with E-state index in [0.717, 1.165) is 36.2 Å². The van der Waals surface area contributed by atoms with Crippen LogP contribution in [0.2, 0.25) is 0 Å². The zero-order valence-corrected chi connectivity index (χ0v) is 13.7. The predicted molar refractivity (Wildman–Crippen MR) is 91.9 cm³/mol. The minimum atomic E-state index is 0.331. The van der Waals surface area contributed by atoms with E-state index in [2.05, 4.69) is 27.2 Å². The molecule has 1 aliphatic heterocycles. The smallest absolute Gasteiger partial charge is 0.146 e. The Morgan fingerprint density at radius 3 is 2.91 bits per heavy atom. The number of nitrogens with zero attached hydrogens (tertiary/aromatic N) is 5. The van der Waals surface area contributed by atoms with Gasteiger partial charge in [-0.15, -0.1) is 11.6 Å². The third-order valence-electron chi connectivity index (χ3n) is 4.43. The first-order valence-electron chi connectivity index (χ1n) is 7.79. The highest BCUT2D eigenvalue weighted by Gasteiger charge is 2.27. The minimum Gasteiger partial charge on any atom is -0.355 e. The molecule has 118 valence electrons. The summed E-state index contributed by atoms with van der Waals surface area (Å²) >= 11 is 5.98. The summed E-state index contributed by atoms with van der Waals surface area (Å²) in [5.41, 5.74) is 2.25. The van der Waals surface area contributed by atoms with Crippen molar-refractivity contribution in [2.45, 2.75) is 18.2 Å². The maximum Gasteiger partial charge on any atom is 0.146 e. The van der Waals surface area contributed by atoms with Crippen LogP contribution in [0.5, 0.6) is 0 Å². The topological polar surface area (TPSA) is 46.8 Å². The summed E-state index contributed by atoms with van der Waals surface area (Å²) in [6.45, 7) is 1.94. The quantitative estimate of drug-likeness (QED) is 0.694. The van der Waals surface area contributed by atoms with Gasteiger partial charge in [0.2, 0.25) is 0 Å². The number of alkyl halides is 1. The van der Waals surface area contributed by atoms with E-state index in [0.29, 0.717) is 17.6 Å². The standard InChI is InChI=1S/C17H18ClN5/c1-22-10-13(9-19-22)12-6-7-23(11-12)17-14-4-2-3-5-15(14)20-16(8-18)21-17/h2-5,9-10,12H,6-8,11H2,1H3. The van der Waals surface area contributed by atoms with Crippen LogP contribution < -0.4 is 4.90 Å². The van der Waals surface area contributed by atoms with E-state index in [-0.39, 0.29) is 0 Å². The number of hydrogen-bond acceptors (Lipinski definition) is 4. The molecule has 6 heteroatoms. The zero-order chi connectivity index (χ0) is 15.8. The number of benzene rings is 1. The Bertz CT molecular complexity index is 844. The Hall–Kier alpha value is -2.14. The highest BCUT2D eigenvalue weighted by Crippen LogP contribution is 2.33. The van der Waals surface area contributed by atoms with Gasteiger partial charge in [0, 0.05) is 37.6 Å². The number of para-hydroxylation sites is 1. The average molecular weight is 328 g/mol. The number of aryl methyl sites for hydroxylation is 1. The van der Waals surface area contributed by atoms with Gasteiger partial charge in [0.1, 0.15) is 11.6 Å². The lowest BCUT2D eigenvalue weighted by Gasteiger charge is -2.19. The summed E-state index contributed by atoms with van der Waals surface area (Å²) in [7, 11) is 1.96. The maximum atomic E-state index is 5.98. The van der Waals surface area contributed by atoms with E-state index in [1.807, 2.05) is 36.1 Å². The predicted octanol–water partition coefficient (Wildman–Crippen LogP) is 3.10. The summed E-state index contributed by atoms with van der Waals surface area (Å²) < 4.78 is 1.86. The molecule has 23 heavy (non-hydrogen) atoms. The zero-order valence-electron chi connectivity index (χ0n) is 13.0. The number of rotatable bonds is 3. The molecule has 0 spiro atoms. The van der Waals surface area contributed by atoms with E-state index in [9.17, 15) is 0 Å². The maximum absolute atomic E-state index is 5.98. The second-order valence-electron chi connectivity index (χ2n) is 5.99. The van der Waals surface area contributed by atoms with Gasteiger partial charge in [0.25, 0.3) is 0 Å².